The van der Waals surface area contributed by atoms with Gasteiger partial charge in [-0.05, 0) is 31.9 Å². The van der Waals surface area contributed by atoms with Gasteiger partial charge in [0.05, 0.1) is 11.2 Å². The van der Waals surface area contributed by atoms with Crippen LogP contribution in [-0.2, 0) is 0 Å². The van der Waals surface area contributed by atoms with Crippen molar-refractivity contribution < 1.29 is 0 Å². The molecule has 0 saturated heterocycles. The summed E-state index contributed by atoms with van der Waals surface area (Å²) in [6.07, 6.45) is 5.97. The average Bonchev–Trinajstić information content (AvgIpc) is 2.56. The minimum Gasteiger partial charge on any atom is -0.323 e. The molecule has 84 valence electrons. The molecule has 0 bridgehead atoms. The molecule has 0 radical (unpaired) electrons. The van der Waals surface area contributed by atoms with Crippen LogP contribution in [-0.4, -0.2) is 9.38 Å². The Morgan fingerprint density at radius 2 is 2.25 bits per heavy atom. The van der Waals surface area contributed by atoms with E-state index in [0.717, 1.165) is 5.69 Å². The van der Waals surface area contributed by atoms with Gasteiger partial charge in [0.1, 0.15) is 5.82 Å². The first-order chi connectivity index (χ1) is 7.77. The van der Waals surface area contributed by atoms with Gasteiger partial charge in [-0.3, -0.25) is 0 Å². The topological polar surface area (TPSA) is 43.3 Å². The number of imidazole rings is 1. The summed E-state index contributed by atoms with van der Waals surface area (Å²) in [5.41, 5.74) is 8.17. The van der Waals surface area contributed by atoms with Crippen molar-refractivity contribution in [1.29, 1.82) is 0 Å². The third-order valence-electron chi connectivity index (χ3n) is 3.51. The van der Waals surface area contributed by atoms with Crippen LogP contribution in [0.25, 0.3) is 5.52 Å². The summed E-state index contributed by atoms with van der Waals surface area (Å²) in [7, 11) is 0. The van der Waals surface area contributed by atoms with E-state index in [1.165, 1.54) is 30.6 Å². The Kier molecular flexibility index (Phi) is 2.21. The fourth-order valence-electron chi connectivity index (χ4n) is 2.38. The maximum atomic E-state index is 5.98. The molecule has 1 unspecified atom stereocenters. The summed E-state index contributed by atoms with van der Waals surface area (Å²) < 4.78 is 2.21. The molecule has 1 aliphatic carbocycles. The second-order valence-corrected chi connectivity index (χ2v) is 4.73. The Bertz CT molecular complexity index is 509. The Balaban J connectivity index is 2.20. The predicted molar refractivity (Wildman–Crippen MR) is 64.4 cm³/mol. The van der Waals surface area contributed by atoms with Crippen LogP contribution < -0.4 is 5.73 Å². The molecule has 1 fully saturated rings. The second kappa shape index (κ2) is 3.59. The number of nitrogens with two attached hydrogens (primary N) is 1. The largest absolute Gasteiger partial charge is 0.323 e. The van der Waals surface area contributed by atoms with Gasteiger partial charge in [0, 0.05) is 18.2 Å². The highest BCUT2D eigenvalue weighted by molar-refractivity contribution is 5.54. The summed E-state index contributed by atoms with van der Waals surface area (Å²) in [6, 6.07) is 6.22. The minimum atomic E-state index is 0.00577. The van der Waals surface area contributed by atoms with Gasteiger partial charge in [0.15, 0.2) is 0 Å². The molecule has 2 N–H and O–H groups in total. The lowest BCUT2D eigenvalue weighted by atomic mass is 9.85. The van der Waals surface area contributed by atoms with E-state index in [-0.39, 0.29) is 6.04 Å². The van der Waals surface area contributed by atoms with Gasteiger partial charge in [-0.1, -0.05) is 12.5 Å². The summed E-state index contributed by atoms with van der Waals surface area (Å²) in [6.45, 7) is 2.00. The first kappa shape index (κ1) is 9.85. The Morgan fingerprint density at radius 1 is 1.44 bits per heavy atom. The maximum Gasteiger partial charge on any atom is 0.116 e. The van der Waals surface area contributed by atoms with Gasteiger partial charge in [-0.25, -0.2) is 4.98 Å². The molecule has 2 aromatic heterocycles. The Hall–Kier alpha value is -1.35. The molecule has 3 heteroatoms. The highest BCUT2D eigenvalue weighted by atomic mass is 15.0. The zero-order valence-electron chi connectivity index (χ0n) is 9.56. The summed E-state index contributed by atoms with van der Waals surface area (Å²) >= 11 is 0. The number of rotatable bonds is 2. The number of hydrogen-bond acceptors (Lipinski definition) is 2. The smallest absolute Gasteiger partial charge is 0.116 e. The first-order valence-corrected chi connectivity index (χ1v) is 6.00. The van der Waals surface area contributed by atoms with Gasteiger partial charge in [-0.2, -0.15) is 0 Å². The fourth-order valence-corrected chi connectivity index (χ4v) is 2.38. The van der Waals surface area contributed by atoms with Crippen molar-refractivity contribution in [3.05, 3.63) is 35.9 Å². The van der Waals surface area contributed by atoms with Crippen LogP contribution in [0.3, 0.4) is 0 Å². The zero-order valence-corrected chi connectivity index (χ0v) is 9.56. The van der Waals surface area contributed by atoms with E-state index < -0.39 is 0 Å². The van der Waals surface area contributed by atoms with E-state index in [2.05, 4.69) is 22.7 Å². The highest BCUT2D eigenvalue weighted by Gasteiger charge is 2.25. The lowest BCUT2D eigenvalue weighted by Crippen LogP contribution is -2.12. The van der Waals surface area contributed by atoms with Crippen molar-refractivity contribution in [2.24, 2.45) is 5.73 Å². The van der Waals surface area contributed by atoms with Crippen LogP contribution in [0.1, 0.15) is 49.7 Å². The van der Waals surface area contributed by atoms with E-state index in [1.54, 1.807) is 0 Å². The molecule has 0 amide bonds. The van der Waals surface area contributed by atoms with Crippen LogP contribution in [0.4, 0.5) is 0 Å². The molecular formula is C13H17N3. The lowest BCUT2D eigenvalue weighted by Gasteiger charge is -2.23. The van der Waals surface area contributed by atoms with Crippen molar-refractivity contribution in [2.75, 3.05) is 0 Å². The van der Waals surface area contributed by atoms with Crippen molar-refractivity contribution in [2.45, 2.75) is 38.1 Å². The average molecular weight is 215 g/mol. The fraction of sp³-hybridized carbons (Fsp3) is 0.462. The molecule has 3 nitrogen and oxygen atoms in total. The number of hydrogen-bond donors (Lipinski definition) is 1. The molecule has 0 aliphatic heterocycles. The standard InChI is InChI=1S/C13H17N3/c1-9(14)12-11-7-2-3-8-16(11)13(15-12)10-5-4-6-10/h2-3,7-10H,4-6,14H2,1H3. The zero-order chi connectivity index (χ0) is 11.1. The van der Waals surface area contributed by atoms with Crippen LogP contribution >= 0.6 is 0 Å². The summed E-state index contributed by atoms with van der Waals surface area (Å²) in [4.78, 5) is 4.75. The van der Waals surface area contributed by atoms with Crippen LogP contribution in [0.2, 0.25) is 0 Å². The first-order valence-electron chi connectivity index (χ1n) is 6.00. The molecule has 3 rings (SSSR count). The van der Waals surface area contributed by atoms with Crippen molar-refractivity contribution in [3.63, 3.8) is 0 Å². The molecule has 2 aromatic rings. The van der Waals surface area contributed by atoms with E-state index in [0.29, 0.717) is 5.92 Å². The van der Waals surface area contributed by atoms with Crippen LogP contribution in [0, 0.1) is 0 Å². The molecular weight excluding hydrogens is 198 g/mol. The highest BCUT2D eigenvalue weighted by Crippen LogP contribution is 2.36. The molecule has 1 atom stereocenters. The van der Waals surface area contributed by atoms with E-state index >= 15 is 0 Å². The molecule has 16 heavy (non-hydrogen) atoms. The maximum absolute atomic E-state index is 5.98. The summed E-state index contributed by atoms with van der Waals surface area (Å²) in [5, 5.41) is 0. The number of fused-ring (bicyclic) bond motifs is 1. The van der Waals surface area contributed by atoms with Gasteiger partial charge < -0.3 is 10.1 Å². The monoisotopic (exact) mass is 215 g/mol. The van der Waals surface area contributed by atoms with Crippen molar-refractivity contribution in [3.8, 4) is 0 Å². The summed E-state index contributed by atoms with van der Waals surface area (Å²) in [5.74, 6) is 1.84. The predicted octanol–water partition coefficient (Wildman–Crippen LogP) is 2.62. The third-order valence-corrected chi connectivity index (χ3v) is 3.51. The van der Waals surface area contributed by atoms with Gasteiger partial charge in [0.25, 0.3) is 0 Å². The molecule has 1 saturated carbocycles. The quantitative estimate of drug-likeness (QED) is 0.836. The van der Waals surface area contributed by atoms with Gasteiger partial charge in [0.2, 0.25) is 0 Å². The van der Waals surface area contributed by atoms with E-state index in [4.69, 9.17) is 10.7 Å². The number of aromatic nitrogens is 2. The van der Waals surface area contributed by atoms with Gasteiger partial charge >= 0.3 is 0 Å². The van der Waals surface area contributed by atoms with E-state index in [1.807, 2.05) is 13.0 Å². The number of pyridine rings is 1. The lowest BCUT2D eigenvalue weighted by molar-refractivity contribution is 0.399. The van der Waals surface area contributed by atoms with Crippen LogP contribution in [0.15, 0.2) is 24.4 Å². The van der Waals surface area contributed by atoms with E-state index in [9.17, 15) is 0 Å². The normalized spacial score (nSPS) is 18.6. The molecule has 0 aromatic carbocycles. The molecule has 2 heterocycles. The number of nitrogens with zero attached hydrogens (tertiary/aromatic N) is 2. The molecule has 1 aliphatic rings. The van der Waals surface area contributed by atoms with Gasteiger partial charge in [-0.15, -0.1) is 0 Å². The molecule has 0 spiro atoms. The Morgan fingerprint density at radius 3 is 2.88 bits per heavy atom. The van der Waals surface area contributed by atoms with Crippen molar-refractivity contribution >= 4 is 5.52 Å². The third kappa shape index (κ3) is 1.35. The van der Waals surface area contributed by atoms with Crippen molar-refractivity contribution in [1.82, 2.24) is 9.38 Å². The Labute approximate surface area is 95.3 Å². The minimum absolute atomic E-state index is 0.00577. The SMILES string of the molecule is CC(N)c1nc(C2CCC2)n2ccccc12. The second-order valence-electron chi connectivity index (χ2n) is 4.73. The van der Waals surface area contributed by atoms with Crippen LogP contribution in [0.5, 0.6) is 0 Å².